The molecule has 0 atom stereocenters. The van der Waals surface area contributed by atoms with Gasteiger partial charge >= 0.3 is 0 Å². The van der Waals surface area contributed by atoms with Gasteiger partial charge in [0.2, 0.25) is 0 Å². The van der Waals surface area contributed by atoms with Crippen LogP contribution in [0.4, 0.5) is 5.69 Å². The molecule has 2 aromatic rings. The number of carbonyl (C=O) groups is 2. The highest BCUT2D eigenvalue weighted by Crippen LogP contribution is 2.41. The normalized spacial score (nSPS) is 14.3. The van der Waals surface area contributed by atoms with Gasteiger partial charge in [-0.25, -0.2) is 4.90 Å². The lowest BCUT2D eigenvalue weighted by Gasteiger charge is -2.17. The van der Waals surface area contributed by atoms with Gasteiger partial charge in [0.1, 0.15) is 5.75 Å². The van der Waals surface area contributed by atoms with Gasteiger partial charge in [-0.1, -0.05) is 24.3 Å². The lowest BCUT2D eigenvalue weighted by atomic mass is 10.0. The second-order valence-electron chi connectivity index (χ2n) is 6.19. The molecule has 1 aliphatic heterocycles. The Balaban J connectivity index is 2.13. The van der Waals surface area contributed by atoms with Crippen LogP contribution in [-0.4, -0.2) is 36.4 Å². The van der Waals surface area contributed by atoms with Gasteiger partial charge in [-0.15, -0.1) is 11.8 Å². The first kappa shape index (κ1) is 19.2. The van der Waals surface area contributed by atoms with E-state index in [2.05, 4.69) is 0 Å². The highest BCUT2D eigenvalue weighted by atomic mass is 32.2. The largest absolute Gasteiger partial charge is 0.496 e. The van der Waals surface area contributed by atoms with Gasteiger partial charge in [-0.2, -0.15) is 0 Å². The van der Waals surface area contributed by atoms with Crippen LogP contribution < -0.4 is 9.64 Å². The molecule has 27 heavy (non-hydrogen) atoms. The number of rotatable bonds is 6. The minimum absolute atomic E-state index is 0.0848. The van der Waals surface area contributed by atoms with Crippen molar-refractivity contribution < 1.29 is 19.4 Å². The number of imide groups is 1. The Bertz CT molecular complexity index is 936. The Morgan fingerprint density at radius 1 is 1.04 bits per heavy atom. The lowest BCUT2D eigenvalue weighted by Crippen LogP contribution is -2.31. The summed E-state index contributed by atoms with van der Waals surface area (Å²) >= 11 is 1.19. The van der Waals surface area contributed by atoms with Crippen LogP contribution in [0.15, 0.2) is 47.4 Å². The molecule has 1 aliphatic rings. The van der Waals surface area contributed by atoms with E-state index in [1.807, 2.05) is 32.0 Å². The molecule has 0 spiro atoms. The first-order valence-electron chi connectivity index (χ1n) is 8.57. The summed E-state index contributed by atoms with van der Waals surface area (Å²) in [7, 11) is 1.53. The SMILES string of the molecule is COc1ccccc1C1=C(SCCO)C(=O)N(c2ccc(C)c(C)c2)C1=O. The van der Waals surface area contributed by atoms with Crippen LogP contribution in [0, 0.1) is 13.8 Å². The first-order chi connectivity index (χ1) is 13.0. The molecule has 3 rings (SSSR count). The molecule has 0 aromatic heterocycles. The van der Waals surface area contributed by atoms with Crippen LogP contribution in [0.2, 0.25) is 0 Å². The van der Waals surface area contributed by atoms with E-state index < -0.39 is 0 Å². The van der Waals surface area contributed by atoms with Crippen molar-refractivity contribution in [3.05, 3.63) is 64.1 Å². The molecule has 2 aromatic carbocycles. The Morgan fingerprint density at radius 3 is 2.44 bits per heavy atom. The zero-order chi connectivity index (χ0) is 19.6. The van der Waals surface area contributed by atoms with Gasteiger partial charge in [0.25, 0.3) is 11.8 Å². The number of hydrogen-bond donors (Lipinski definition) is 1. The number of anilines is 1. The molecule has 0 saturated heterocycles. The number of amides is 2. The van der Waals surface area contributed by atoms with Gasteiger partial charge in [-0.3, -0.25) is 9.59 Å². The molecule has 5 nitrogen and oxygen atoms in total. The topological polar surface area (TPSA) is 66.8 Å². The summed E-state index contributed by atoms with van der Waals surface area (Å²) in [5.41, 5.74) is 3.52. The van der Waals surface area contributed by atoms with Crippen molar-refractivity contribution in [3.8, 4) is 5.75 Å². The van der Waals surface area contributed by atoms with Gasteiger partial charge < -0.3 is 9.84 Å². The molecule has 6 heteroatoms. The minimum Gasteiger partial charge on any atom is -0.496 e. The fourth-order valence-corrected chi connectivity index (χ4v) is 3.83. The zero-order valence-electron chi connectivity index (χ0n) is 15.5. The monoisotopic (exact) mass is 383 g/mol. The summed E-state index contributed by atoms with van der Waals surface area (Å²) in [6, 6.07) is 12.6. The van der Waals surface area contributed by atoms with E-state index in [9.17, 15) is 14.7 Å². The molecule has 0 unspecified atom stereocenters. The van der Waals surface area contributed by atoms with Crippen LogP contribution in [0.25, 0.3) is 5.57 Å². The predicted molar refractivity (Wildman–Crippen MR) is 108 cm³/mol. The van der Waals surface area contributed by atoms with Gasteiger partial charge in [-0.05, 0) is 43.2 Å². The molecule has 140 valence electrons. The molecule has 0 aliphatic carbocycles. The van der Waals surface area contributed by atoms with E-state index >= 15 is 0 Å². The number of para-hydroxylation sites is 1. The summed E-state index contributed by atoms with van der Waals surface area (Å²) in [6.07, 6.45) is 0. The fraction of sp³-hybridized carbons (Fsp3) is 0.238. The van der Waals surface area contributed by atoms with Crippen molar-refractivity contribution in [2.75, 3.05) is 24.4 Å². The number of aliphatic hydroxyl groups excluding tert-OH is 1. The Labute approximate surface area is 162 Å². The standard InChI is InChI=1S/C21H21NO4S/c1-13-8-9-15(12-14(13)2)22-20(24)18(19(21(22)25)27-11-10-23)16-6-4-5-7-17(16)26-3/h4-9,12,23H,10-11H2,1-3H3. The van der Waals surface area contributed by atoms with E-state index in [4.69, 9.17) is 4.74 Å². The number of methoxy groups -OCH3 is 1. The molecule has 0 saturated carbocycles. The maximum Gasteiger partial charge on any atom is 0.272 e. The highest BCUT2D eigenvalue weighted by Gasteiger charge is 2.41. The first-order valence-corrected chi connectivity index (χ1v) is 9.55. The van der Waals surface area contributed by atoms with Crippen LogP contribution in [0.5, 0.6) is 5.75 Å². The third-order valence-corrected chi connectivity index (χ3v) is 5.56. The number of benzene rings is 2. The minimum atomic E-state index is -0.381. The zero-order valence-corrected chi connectivity index (χ0v) is 16.3. The summed E-state index contributed by atoms with van der Waals surface area (Å²) in [6.45, 7) is 3.84. The number of thioether (sulfide) groups is 1. The lowest BCUT2D eigenvalue weighted by molar-refractivity contribution is -0.119. The second kappa shape index (κ2) is 7.98. The molecule has 1 heterocycles. The van der Waals surface area contributed by atoms with E-state index in [1.165, 1.54) is 23.8 Å². The third-order valence-electron chi connectivity index (χ3n) is 4.50. The molecular formula is C21H21NO4S. The molecule has 2 amide bonds. The fourth-order valence-electron chi connectivity index (χ4n) is 2.98. The van der Waals surface area contributed by atoms with Crippen LogP contribution in [0.1, 0.15) is 16.7 Å². The summed E-state index contributed by atoms with van der Waals surface area (Å²) in [5, 5.41) is 9.21. The van der Waals surface area contributed by atoms with Gasteiger partial charge in [0.15, 0.2) is 0 Å². The number of carbonyl (C=O) groups excluding carboxylic acids is 2. The van der Waals surface area contributed by atoms with Gasteiger partial charge in [0, 0.05) is 11.3 Å². The smallest absolute Gasteiger partial charge is 0.272 e. The number of nitrogens with zero attached hydrogens (tertiary/aromatic N) is 1. The summed E-state index contributed by atoms with van der Waals surface area (Å²) in [5.74, 6) is 0.0989. The molecule has 0 fully saturated rings. The van der Waals surface area contributed by atoms with Gasteiger partial charge in [0.05, 0.1) is 29.9 Å². The number of hydrogen-bond acceptors (Lipinski definition) is 5. The van der Waals surface area contributed by atoms with Crippen molar-refractivity contribution in [1.29, 1.82) is 0 Å². The maximum atomic E-state index is 13.3. The molecule has 1 N–H and O–H groups in total. The predicted octanol–water partition coefficient (Wildman–Crippen LogP) is 3.32. The molecule has 0 bridgehead atoms. The number of aryl methyl sites for hydroxylation is 2. The third kappa shape index (κ3) is 3.50. The Hall–Kier alpha value is -2.57. The van der Waals surface area contributed by atoms with Crippen molar-refractivity contribution >= 4 is 34.8 Å². The highest BCUT2D eigenvalue weighted by molar-refractivity contribution is 8.04. The molecular weight excluding hydrogens is 362 g/mol. The van der Waals surface area contributed by atoms with E-state index in [0.717, 1.165) is 11.1 Å². The number of ether oxygens (including phenoxy) is 1. The van der Waals surface area contributed by atoms with E-state index in [1.54, 1.807) is 24.3 Å². The van der Waals surface area contributed by atoms with E-state index in [-0.39, 0.29) is 18.4 Å². The quantitative estimate of drug-likeness (QED) is 0.775. The Morgan fingerprint density at radius 2 is 1.78 bits per heavy atom. The van der Waals surface area contributed by atoms with Crippen LogP contribution >= 0.6 is 11.8 Å². The number of aliphatic hydroxyl groups is 1. The van der Waals surface area contributed by atoms with Crippen LogP contribution in [-0.2, 0) is 9.59 Å². The Kier molecular flexibility index (Phi) is 5.68. The molecule has 0 radical (unpaired) electrons. The summed E-state index contributed by atoms with van der Waals surface area (Å²) < 4.78 is 5.40. The van der Waals surface area contributed by atoms with Crippen molar-refractivity contribution in [2.45, 2.75) is 13.8 Å². The second-order valence-corrected chi connectivity index (χ2v) is 7.30. The van der Waals surface area contributed by atoms with Crippen molar-refractivity contribution in [2.24, 2.45) is 0 Å². The maximum absolute atomic E-state index is 13.3. The van der Waals surface area contributed by atoms with Crippen molar-refractivity contribution in [1.82, 2.24) is 0 Å². The van der Waals surface area contributed by atoms with Crippen molar-refractivity contribution in [3.63, 3.8) is 0 Å². The van der Waals surface area contributed by atoms with Crippen LogP contribution in [0.3, 0.4) is 0 Å². The average Bonchev–Trinajstić information content (AvgIpc) is 2.92. The average molecular weight is 383 g/mol. The summed E-state index contributed by atoms with van der Waals surface area (Å²) in [4.78, 5) is 27.9. The van der Waals surface area contributed by atoms with E-state index in [0.29, 0.717) is 33.2 Å².